The predicted molar refractivity (Wildman–Crippen MR) is 58.4 cm³/mol. The molecule has 1 aliphatic carbocycles. The van der Waals surface area contributed by atoms with Gasteiger partial charge in [-0.1, -0.05) is 19.1 Å². The van der Waals surface area contributed by atoms with E-state index in [0.29, 0.717) is 5.92 Å². The third kappa shape index (κ3) is 2.36. The van der Waals surface area contributed by atoms with Gasteiger partial charge in [0.25, 0.3) is 0 Å². The van der Waals surface area contributed by atoms with Crippen molar-refractivity contribution in [2.45, 2.75) is 25.8 Å². The summed E-state index contributed by atoms with van der Waals surface area (Å²) in [6.45, 7) is 2.20. The third-order valence-corrected chi connectivity index (χ3v) is 3.30. The molecule has 1 aromatic carbocycles. The van der Waals surface area contributed by atoms with Gasteiger partial charge in [-0.15, -0.1) is 0 Å². The summed E-state index contributed by atoms with van der Waals surface area (Å²) in [5.74, 6) is 6.65. The lowest BCUT2D eigenvalue weighted by Gasteiger charge is -2.23. The number of halogens is 1. The van der Waals surface area contributed by atoms with Crippen LogP contribution in [-0.4, -0.2) is 0 Å². The van der Waals surface area contributed by atoms with Gasteiger partial charge in [0.2, 0.25) is 0 Å². The van der Waals surface area contributed by atoms with E-state index in [-0.39, 0.29) is 11.9 Å². The van der Waals surface area contributed by atoms with E-state index < -0.39 is 0 Å². The van der Waals surface area contributed by atoms with Crippen LogP contribution < -0.4 is 11.3 Å². The van der Waals surface area contributed by atoms with E-state index in [9.17, 15) is 4.39 Å². The highest BCUT2D eigenvalue weighted by molar-refractivity contribution is 5.21. The minimum atomic E-state index is -0.200. The molecule has 1 saturated carbocycles. The largest absolute Gasteiger partial charge is 0.271 e. The van der Waals surface area contributed by atoms with Crippen molar-refractivity contribution >= 4 is 0 Å². The number of hydrazine groups is 1. The molecule has 0 aromatic heterocycles. The van der Waals surface area contributed by atoms with Gasteiger partial charge in [-0.05, 0) is 42.4 Å². The highest BCUT2D eigenvalue weighted by Crippen LogP contribution is 2.42. The van der Waals surface area contributed by atoms with Gasteiger partial charge in [0.15, 0.2) is 0 Å². The molecule has 0 spiro atoms. The smallest absolute Gasteiger partial charge is 0.123 e. The molecular weight excluding hydrogens is 191 g/mol. The summed E-state index contributed by atoms with van der Waals surface area (Å²) in [5, 5.41) is 0. The second-order valence-electron chi connectivity index (χ2n) is 4.39. The van der Waals surface area contributed by atoms with Crippen LogP contribution in [-0.2, 0) is 0 Å². The van der Waals surface area contributed by atoms with Gasteiger partial charge in [0.05, 0.1) is 0 Å². The average Bonchev–Trinajstić information content (AvgIpc) is 3.05. The van der Waals surface area contributed by atoms with Crippen molar-refractivity contribution in [2.75, 3.05) is 0 Å². The van der Waals surface area contributed by atoms with Crippen LogP contribution in [0.1, 0.15) is 31.4 Å². The molecule has 3 N–H and O–H groups in total. The number of nitrogens with two attached hydrogens (primary N) is 1. The molecule has 1 aliphatic rings. The SMILES string of the molecule is CC(C1CC1)C(NN)c1ccc(F)cc1. The van der Waals surface area contributed by atoms with E-state index in [0.717, 1.165) is 11.5 Å². The Morgan fingerprint density at radius 2 is 1.93 bits per heavy atom. The molecule has 1 fully saturated rings. The monoisotopic (exact) mass is 208 g/mol. The molecule has 2 atom stereocenters. The van der Waals surface area contributed by atoms with Gasteiger partial charge in [0.1, 0.15) is 5.82 Å². The van der Waals surface area contributed by atoms with E-state index in [2.05, 4.69) is 12.3 Å². The van der Waals surface area contributed by atoms with Crippen LogP contribution in [0.4, 0.5) is 4.39 Å². The molecule has 15 heavy (non-hydrogen) atoms. The zero-order valence-corrected chi connectivity index (χ0v) is 8.91. The minimum absolute atomic E-state index is 0.137. The second kappa shape index (κ2) is 4.29. The van der Waals surface area contributed by atoms with Crippen LogP contribution in [0, 0.1) is 17.7 Å². The zero-order valence-electron chi connectivity index (χ0n) is 8.91. The Labute approximate surface area is 89.6 Å². The van der Waals surface area contributed by atoms with Crippen molar-refractivity contribution in [1.29, 1.82) is 0 Å². The van der Waals surface area contributed by atoms with Gasteiger partial charge in [-0.3, -0.25) is 11.3 Å². The van der Waals surface area contributed by atoms with Crippen LogP contribution in [0.25, 0.3) is 0 Å². The second-order valence-corrected chi connectivity index (χ2v) is 4.39. The summed E-state index contributed by atoms with van der Waals surface area (Å²) >= 11 is 0. The first-order valence-corrected chi connectivity index (χ1v) is 5.44. The summed E-state index contributed by atoms with van der Waals surface area (Å²) in [6, 6.07) is 6.72. The Hall–Kier alpha value is -0.930. The molecule has 2 unspecified atom stereocenters. The molecule has 0 saturated heterocycles. The Morgan fingerprint density at radius 1 is 1.33 bits per heavy atom. The lowest BCUT2D eigenvalue weighted by Crippen LogP contribution is -2.33. The Morgan fingerprint density at radius 3 is 2.40 bits per heavy atom. The van der Waals surface area contributed by atoms with Crippen molar-refractivity contribution in [3.05, 3.63) is 35.6 Å². The van der Waals surface area contributed by atoms with Crippen molar-refractivity contribution in [2.24, 2.45) is 17.7 Å². The number of hydrogen-bond acceptors (Lipinski definition) is 2. The zero-order chi connectivity index (χ0) is 10.8. The fourth-order valence-electron chi connectivity index (χ4n) is 2.12. The maximum Gasteiger partial charge on any atom is 0.123 e. The van der Waals surface area contributed by atoms with Gasteiger partial charge >= 0.3 is 0 Å². The fraction of sp³-hybridized carbons (Fsp3) is 0.500. The molecule has 1 aromatic rings. The average molecular weight is 208 g/mol. The molecular formula is C12H17FN2. The molecule has 2 rings (SSSR count). The first kappa shape index (κ1) is 10.6. The first-order valence-electron chi connectivity index (χ1n) is 5.44. The highest BCUT2D eigenvalue weighted by atomic mass is 19.1. The Balaban J connectivity index is 2.14. The molecule has 0 radical (unpaired) electrons. The van der Waals surface area contributed by atoms with E-state index in [1.165, 1.54) is 25.0 Å². The molecule has 0 heterocycles. The number of hydrogen-bond donors (Lipinski definition) is 2. The molecule has 0 bridgehead atoms. The summed E-state index contributed by atoms with van der Waals surface area (Å²) < 4.78 is 12.8. The van der Waals surface area contributed by atoms with Crippen molar-refractivity contribution in [3.63, 3.8) is 0 Å². The third-order valence-electron chi connectivity index (χ3n) is 3.30. The number of benzene rings is 1. The minimum Gasteiger partial charge on any atom is -0.271 e. The van der Waals surface area contributed by atoms with Crippen molar-refractivity contribution in [1.82, 2.24) is 5.43 Å². The lowest BCUT2D eigenvalue weighted by molar-refractivity contribution is 0.354. The number of nitrogens with one attached hydrogen (secondary N) is 1. The van der Waals surface area contributed by atoms with Gasteiger partial charge in [0, 0.05) is 6.04 Å². The summed E-state index contributed by atoms with van der Waals surface area (Å²) in [7, 11) is 0. The normalized spacial score (nSPS) is 19.9. The van der Waals surface area contributed by atoms with E-state index in [1.54, 1.807) is 12.1 Å². The highest BCUT2D eigenvalue weighted by Gasteiger charge is 2.33. The van der Waals surface area contributed by atoms with Crippen molar-refractivity contribution < 1.29 is 4.39 Å². The predicted octanol–water partition coefficient (Wildman–Crippen LogP) is 2.38. The maximum absolute atomic E-state index is 12.8. The van der Waals surface area contributed by atoms with Crippen LogP contribution in [0.3, 0.4) is 0 Å². The first-order chi connectivity index (χ1) is 7.22. The Kier molecular flexibility index (Phi) is 3.03. The molecule has 0 aliphatic heterocycles. The topological polar surface area (TPSA) is 38.0 Å². The van der Waals surface area contributed by atoms with Crippen LogP contribution in [0.15, 0.2) is 24.3 Å². The van der Waals surface area contributed by atoms with Gasteiger partial charge < -0.3 is 0 Å². The summed E-state index contributed by atoms with van der Waals surface area (Å²) in [4.78, 5) is 0. The lowest BCUT2D eigenvalue weighted by atomic mass is 9.91. The summed E-state index contributed by atoms with van der Waals surface area (Å²) in [6.07, 6.45) is 2.58. The maximum atomic E-state index is 12.8. The Bertz CT molecular complexity index is 319. The molecule has 3 heteroatoms. The fourth-order valence-corrected chi connectivity index (χ4v) is 2.12. The summed E-state index contributed by atoms with van der Waals surface area (Å²) in [5.41, 5.74) is 3.90. The standard InChI is InChI=1S/C12H17FN2/c1-8(9-2-3-9)12(15-14)10-4-6-11(13)7-5-10/h4-9,12,15H,2-3,14H2,1H3. The van der Waals surface area contributed by atoms with Crippen LogP contribution >= 0.6 is 0 Å². The molecule has 82 valence electrons. The quantitative estimate of drug-likeness (QED) is 0.589. The van der Waals surface area contributed by atoms with E-state index in [1.807, 2.05) is 0 Å². The van der Waals surface area contributed by atoms with Gasteiger partial charge in [-0.2, -0.15) is 0 Å². The molecule has 2 nitrogen and oxygen atoms in total. The van der Waals surface area contributed by atoms with E-state index >= 15 is 0 Å². The van der Waals surface area contributed by atoms with Crippen molar-refractivity contribution in [3.8, 4) is 0 Å². The van der Waals surface area contributed by atoms with Crippen LogP contribution in [0.2, 0.25) is 0 Å². The van der Waals surface area contributed by atoms with E-state index in [4.69, 9.17) is 5.84 Å². The van der Waals surface area contributed by atoms with Crippen LogP contribution in [0.5, 0.6) is 0 Å². The molecule has 0 amide bonds. The van der Waals surface area contributed by atoms with Gasteiger partial charge in [-0.25, -0.2) is 4.39 Å². The number of rotatable bonds is 4.